The summed E-state index contributed by atoms with van der Waals surface area (Å²) < 4.78 is 0. The number of nitrogens with zero attached hydrogens (tertiary/aromatic N) is 1. The summed E-state index contributed by atoms with van der Waals surface area (Å²) >= 11 is 0. The molecule has 1 fully saturated rings. The van der Waals surface area contributed by atoms with Crippen molar-refractivity contribution in [3.63, 3.8) is 0 Å². The molecule has 0 aromatic heterocycles. The van der Waals surface area contributed by atoms with Crippen molar-refractivity contribution in [2.45, 2.75) is 32.4 Å². The minimum absolute atomic E-state index is 0.0431. The van der Waals surface area contributed by atoms with E-state index in [-0.39, 0.29) is 11.9 Å². The Morgan fingerprint density at radius 1 is 1.62 bits per heavy atom. The van der Waals surface area contributed by atoms with Crippen LogP contribution in [-0.4, -0.2) is 42.0 Å². The summed E-state index contributed by atoms with van der Waals surface area (Å²) in [6.07, 6.45) is 0. The Hall–Kier alpha value is -0.610. The van der Waals surface area contributed by atoms with E-state index in [0.29, 0.717) is 0 Å². The van der Waals surface area contributed by atoms with E-state index in [2.05, 4.69) is 5.32 Å². The standard InChI is InChI=1S/C9H19N3O/c1-7-6-11-4-5-12(7)8(13)9(2,3)10/h7,11H,4-6,10H2,1-3H3/t7-/m0/s1. The van der Waals surface area contributed by atoms with E-state index in [1.54, 1.807) is 13.8 Å². The van der Waals surface area contributed by atoms with E-state index in [4.69, 9.17) is 5.73 Å². The lowest BCUT2D eigenvalue weighted by Crippen LogP contribution is -2.59. The smallest absolute Gasteiger partial charge is 0.242 e. The summed E-state index contributed by atoms with van der Waals surface area (Å²) in [5.41, 5.74) is 5.02. The van der Waals surface area contributed by atoms with Gasteiger partial charge in [-0.3, -0.25) is 4.79 Å². The highest BCUT2D eigenvalue weighted by Crippen LogP contribution is 2.09. The summed E-state index contributed by atoms with van der Waals surface area (Å²) in [6.45, 7) is 8.04. The van der Waals surface area contributed by atoms with Gasteiger partial charge in [0.2, 0.25) is 5.91 Å². The first kappa shape index (κ1) is 10.5. The van der Waals surface area contributed by atoms with Gasteiger partial charge < -0.3 is 16.0 Å². The molecule has 76 valence electrons. The lowest BCUT2D eigenvalue weighted by molar-refractivity contribution is -0.138. The fraction of sp³-hybridized carbons (Fsp3) is 0.889. The minimum atomic E-state index is -0.744. The molecule has 4 nitrogen and oxygen atoms in total. The molecule has 4 heteroatoms. The number of nitrogens with two attached hydrogens (primary N) is 1. The third-order valence-corrected chi connectivity index (χ3v) is 2.31. The molecule has 1 aliphatic rings. The topological polar surface area (TPSA) is 58.4 Å². The summed E-state index contributed by atoms with van der Waals surface area (Å²) in [5, 5.41) is 3.24. The first-order valence-electron chi connectivity index (χ1n) is 4.73. The van der Waals surface area contributed by atoms with Gasteiger partial charge in [-0.1, -0.05) is 0 Å². The Morgan fingerprint density at radius 2 is 2.23 bits per heavy atom. The Labute approximate surface area is 79.5 Å². The van der Waals surface area contributed by atoms with Gasteiger partial charge in [-0.15, -0.1) is 0 Å². The van der Waals surface area contributed by atoms with E-state index < -0.39 is 5.54 Å². The Kier molecular flexibility index (Phi) is 2.93. The van der Waals surface area contributed by atoms with Gasteiger partial charge >= 0.3 is 0 Å². The number of hydrogen-bond acceptors (Lipinski definition) is 3. The second-order valence-electron chi connectivity index (χ2n) is 4.27. The molecule has 0 aromatic rings. The van der Waals surface area contributed by atoms with Crippen molar-refractivity contribution in [1.82, 2.24) is 10.2 Å². The van der Waals surface area contributed by atoms with Crippen LogP contribution in [0.3, 0.4) is 0 Å². The Balaban J connectivity index is 2.64. The average Bonchev–Trinajstić information content (AvgIpc) is 2.02. The van der Waals surface area contributed by atoms with Gasteiger partial charge in [-0.05, 0) is 20.8 Å². The van der Waals surface area contributed by atoms with Crippen LogP contribution >= 0.6 is 0 Å². The molecule has 0 aromatic carbocycles. The molecule has 1 saturated heterocycles. The molecule has 0 unspecified atom stereocenters. The number of nitrogens with one attached hydrogen (secondary N) is 1. The van der Waals surface area contributed by atoms with Gasteiger partial charge in [0.15, 0.2) is 0 Å². The van der Waals surface area contributed by atoms with Crippen LogP contribution in [0.1, 0.15) is 20.8 Å². The highest BCUT2D eigenvalue weighted by molar-refractivity contribution is 5.85. The van der Waals surface area contributed by atoms with Crippen LogP contribution < -0.4 is 11.1 Å². The predicted molar refractivity (Wildman–Crippen MR) is 52.3 cm³/mol. The van der Waals surface area contributed by atoms with Gasteiger partial charge in [0.25, 0.3) is 0 Å². The zero-order chi connectivity index (χ0) is 10.1. The predicted octanol–water partition coefficient (Wildman–Crippen LogP) is -0.456. The van der Waals surface area contributed by atoms with Crippen LogP contribution in [0.2, 0.25) is 0 Å². The van der Waals surface area contributed by atoms with Crippen LogP contribution in [0.15, 0.2) is 0 Å². The van der Waals surface area contributed by atoms with E-state index in [9.17, 15) is 4.79 Å². The van der Waals surface area contributed by atoms with Crippen molar-refractivity contribution in [1.29, 1.82) is 0 Å². The quantitative estimate of drug-likeness (QED) is 0.581. The maximum atomic E-state index is 11.8. The highest BCUT2D eigenvalue weighted by Gasteiger charge is 2.31. The third-order valence-electron chi connectivity index (χ3n) is 2.31. The molecule has 13 heavy (non-hydrogen) atoms. The minimum Gasteiger partial charge on any atom is -0.336 e. The van der Waals surface area contributed by atoms with Crippen molar-refractivity contribution in [2.75, 3.05) is 19.6 Å². The van der Waals surface area contributed by atoms with Crippen molar-refractivity contribution >= 4 is 5.91 Å². The number of carbonyl (C=O) groups excluding carboxylic acids is 1. The fourth-order valence-corrected chi connectivity index (χ4v) is 1.51. The second-order valence-corrected chi connectivity index (χ2v) is 4.27. The average molecular weight is 185 g/mol. The van der Waals surface area contributed by atoms with Gasteiger partial charge in [0.1, 0.15) is 0 Å². The molecule has 3 N–H and O–H groups in total. The van der Waals surface area contributed by atoms with Gasteiger partial charge in [0, 0.05) is 25.7 Å². The number of carbonyl (C=O) groups is 1. The maximum absolute atomic E-state index is 11.8. The molecule has 1 amide bonds. The molecule has 1 aliphatic heterocycles. The van der Waals surface area contributed by atoms with E-state index in [0.717, 1.165) is 19.6 Å². The Morgan fingerprint density at radius 3 is 2.69 bits per heavy atom. The summed E-state index contributed by atoms with van der Waals surface area (Å²) in [6, 6.07) is 0.254. The van der Waals surface area contributed by atoms with Crippen molar-refractivity contribution in [3.05, 3.63) is 0 Å². The van der Waals surface area contributed by atoms with Crippen molar-refractivity contribution < 1.29 is 4.79 Å². The molecule has 1 heterocycles. The summed E-state index contributed by atoms with van der Waals surface area (Å²) in [5.74, 6) is 0.0431. The first-order chi connectivity index (χ1) is 5.93. The number of rotatable bonds is 1. The van der Waals surface area contributed by atoms with E-state index >= 15 is 0 Å². The van der Waals surface area contributed by atoms with Gasteiger partial charge in [-0.25, -0.2) is 0 Å². The summed E-state index contributed by atoms with van der Waals surface area (Å²) in [7, 11) is 0. The van der Waals surface area contributed by atoms with Gasteiger partial charge in [0.05, 0.1) is 5.54 Å². The zero-order valence-electron chi connectivity index (χ0n) is 8.63. The number of amides is 1. The molecular weight excluding hydrogens is 166 g/mol. The van der Waals surface area contributed by atoms with Crippen LogP contribution in [0, 0.1) is 0 Å². The lowest BCUT2D eigenvalue weighted by Gasteiger charge is -2.37. The fourth-order valence-electron chi connectivity index (χ4n) is 1.51. The maximum Gasteiger partial charge on any atom is 0.242 e. The normalized spacial score (nSPS) is 24.6. The largest absolute Gasteiger partial charge is 0.336 e. The van der Waals surface area contributed by atoms with Crippen LogP contribution in [0.25, 0.3) is 0 Å². The van der Waals surface area contributed by atoms with Crippen LogP contribution in [0.5, 0.6) is 0 Å². The highest BCUT2D eigenvalue weighted by atomic mass is 16.2. The SMILES string of the molecule is C[C@H]1CNCCN1C(=O)C(C)(C)N. The van der Waals surface area contributed by atoms with E-state index in [1.165, 1.54) is 0 Å². The monoisotopic (exact) mass is 185 g/mol. The first-order valence-corrected chi connectivity index (χ1v) is 4.73. The molecule has 0 bridgehead atoms. The molecule has 1 atom stereocenters. The molecule has 1 rings (SSSR count). The number of piperazine rings is 1. The molecule has 0 radical (unpaired) electrons. The molecule has 0 saturated carbocycles. The van der Waals surface area contributed by atoms with Crippen molar-refractivity contribution in [2.24, 2.45) is 5.73 Å². The van der Waals surface area contributed by atoms with Crippen LogP contribution in [-0.2, 0) is 4.79 Å². The number of hydrogen-bond donors (Lipinski definition) is 2. The molecule has 0 spiro atoms. The van der Waals surface area contributed by atoms with Gasteiger partial charge in [-0.2, -0.15) is 0 Å². The third kappa shape index (κ3) is 2.42. The lowest BCUT2D eigenvalue weighted by atomic mass is 10.0. The molecule has 0 aliphatic carbocycles. The second kappa shape index (κ2) is 3.64. The Bertz CT molecular complexity index is 198. The van der Waals surface area contributed by atoms with Crippen LogP contribution in [0.4, 0.5) is 0 Å². The van der Waals surface area contributed by atoms with E-state index in [1.807, 2.05) is 11.8 Å². The zero-order valence-corrected chi connectivity index (χ0v) is 8.63. The summed E-state index contributed by atoms with van der Waals surface area (Å²) in [4.78, 5) is 13.7. The van der Waals surface area contributed by atoms with Crippen molar-refractivity contribution in [3.8, 4) is 0 Å². The molecular formula is C9H19N3O.